The number of benzene rings is 1. The minimum absolute atomic E-state index is 0.149. The minimum Gasteiger partial charge on any atom is -0.300 e. The van der Waals surface area contributed by atoms with Crippen LogP contribution in [0, 0.1) is 0 Å². The van der Waals surface area contributed by atoms with Gasteiger partial charge in [0.15, 0.2) is 11.6 Å². The summed E-state index contributed by atoms with van der Waals surface area (Å²) in [6.45, 7) is 2.76. The van der Waals surface area contributed by atoms with Gasteiger partial charge >= 0.3 is 0 Å². The third-order valence-electron chi connectivity index (χ3n) is 2.02. The SMILES string of the molecule is CC(=O)CC(=O)c1ccccc1C(C)=O. The highest BCUT2D eigenvalue weighted by Crippen LogP contribution is 2.12. The summed E-state index contributed by atoms with van der Waals surface area (Å²) in [5, 5.41) is 0. The van der Waals surface area contributed by atoms with Crippen LogP contribution in [0.1, 0.15) is 41.0 Å². The molecule has 15 heavy (non-hydrogen) atoms. The van der Waals surface area contributed by atoms with Crippen LogP contribution in [0.2, 0.25) is 0 Å². The van der Waals surface area contributed by atoms with E-state index in [1.807, 2.05) is 0 Å². The van der Waals surface area contributed by atoms with E-state index in [-0.39, 0.29) is 23.8 Å². The molecule has 0 fully saturated rings. The molecule has 3 nitrogen and oxygen atoms in total. The zero-order valence-electron chi connectivity index (χ0n) is 8.74. The molecule has 0 spiro atoms. The summed E-state index contributed by atoms with van der Waals surface area (Å²) in [6.07, 6.45) is -0.149. The second-order valence-corrected chi connectivity index (χ2v) is 3.40. The summed E-state index contributed by atoms with van der Waals surface area (Å²) in [4.78, 5) is 33.6. The maximum absolute atomic E-state index is 11.6. The van der Waals surface area contributed by atoms with Gasteiger partial charge in [-0.3, -0.25) is 14.4 Å². The van der Waals surface area contributed by atoms with Crippen LogP contribution >= 0.6 is 0 Å². The summed E-state index contributed by atoms with van der Waals surface area (Å²) in [6, 6.07) is 6.54. The van der Waals surface area contributed by atoms with E-state index in [2.05, 4.69) is 0 Å². The van der Waals surface area contributed by atoms with Crippen molar-refractivity contribution in [3.05, 3.63) is 35.4 Å². The number of carbonyl (C=O) groups excluding carboxylic acids is 3. The highest BCUT2D eigenvalue weighted by atomic mass is 16.1. The van der Waals surface area contributed by atoms with Crippen LogP contribution in [-0.4, -0.2) is 17.3 Å². The maximum atomic E-state index is 11.6. The summed E-state index contributed by atoms with van der Waals surface area (Å²) < 4.78 is 0. The van der Waals surface area contributed by atoms with Gasteiger partial charge in [-0.25, -0.2) is 0 Å². The first-order valence-corrected chi connectivity index (χ1v) is 4.65. The quantitative estimate of drug-likeness (QED) is 0.557. The highest BCUT2D eigenvalue weighted by molar-refractivity contribution is 6.13. The van der Waals surface area contributed by atoms with Gasteiger partial charge < -0.3 is 0 Å². The van der Waals surface area contributed by atoms with Gasteiger partial charge in [0.1, 0.15) is 5.78 Å². The molecule has 0 N–H and O–H groups in total. The number of carbonyl (C=O) groups is 3. The number of Topliss-reactive ketones (excluding diaryl/α,β-unsaturated/α-hetero) is 3. The van der Waals surface area contributed by atoms with Crippen molar-refractivity contribution in [3.8, 4) is 0 Å². The molecule has 0 saturated carbocycles. The Morgan fingerprint density at radius 1 is 1.00 bits per heavy atom. The Bertz CT molecular complexity index is 419. The zero-order chi connectivity index (χ0) is 11.4. The number of ketones is 3. The molecule has 0 aliphatic carbocycles. The predicted molar refractivity (Wildman–Crippen MR) is 56.1 cm³/mol. The van der Waals surface area contributed by atoms with Crippen LogP contribution in [0.25, 0.3) is 0 Å². The molecular weight excluding hydrogens is 192 g/mol. The molecular formula is C12H12O3. The van der Waals surface area contributed by atoms with E-state index in [0.29, 0.717) is 11.1 Å². The Morgan fingerprint density at radius 2 is 1.53 bits per heavy atom. The number of hydrogen-bond donors (Lipinski definition) is 0. The van der Waals surface area contributed by atoms with Crippen molar-refractivity contribution in [1.29, 1.82) is 0 Å². The van der Waals surface area contributed by atoms with E-state index < -0.39 is 0 Å². The Labute approximate surface area is 88.1 Å². The lowest BCUT2D eigenvalue weighted by molar-refractivity contribution is -0.116. The lowest BCUT2D eigenvalue weighted by Crippen LogP contribution is -2.09. The smallest absolute Gasteiger partial charge is 0.170 e. The molecule has 1 aromatic rings. The first-order valence-electron chi connectivity index (χ1n) is 4.65. The molecule has 0 aliphatic heterocycles. The summed E-state index contributed by atoms with van der Waals surface area (Å²) in [5.74, 6) is -0.658. The fourth-order valence-corrected chi connectivity index (χ4v) is 1.35. The zero-order valence-corrected chi connectivity index (χ0v) is 8.74. The molecule has 3 heteroatoms. The molecule has 0 bridgehead atoms. The van der Waals surface area contributed by atoms with Gasteiger partial charge in [0.25, 0.3) is 0 Å². The first-order chi connectivity index (χ1) is 7.02. The van der Waals surface area contributed by atoms with Gasteiger partial charge in [0.2, 0.25) is 0 Å². The Balaban J connectivity index is 3.08. The summed E-state index contributed by atoms with van der Waals surface area (Å²) in [5.41, 5.74) is 0.712. The minimum atomic E-state index is -0.298. The van der Waals surface area contributed by atoms with E-state index in [1.54, 1.807) is 24.3 Å². The molecule has 1 aromatic carbocycles. The van der Waals surface area contributed by atoms with Crippen molar-refractivity contribution >= 4 is 17.3 Å². The Hall–Kier alpha value is -1.77. The lowest BCUT2D eigenvalue weighted by Gasteiger charge is -2.03. The second-order valence-electron chi connectivity index (χ2n) is 3.40. The van der Waals surface area contributed by atoms with Crippen molar-refractivity contribution in [2.24, 2.45) is 0 Å². The molecule has 0 aliphatic rings. The average Bonchev–Trinajstić information content (AvgIpc) is 2.16. The fourth-order valence-electron chi connectivity index (χ4n) is 1.35. The molecule has 0 amide bonds. The van der Waals surface area contributed by atoms with Crippen LogP contribution in [0.5, 0.6) is 0 Å². The summed E-state index contributed by atoms with van der Waals surface area (Å²) >= 11 is 0. The van der Waals surface area contributed by atoms with Gasteiger partial charge in [-0.2, -0.15) is 0 Å². The topological polar surface area (TPSA) is 51.2 Å². The van der Waals surface area contributed by atoms with Crippen molar-refractivity contribution in [1.82, 2.24) is 0 Å². The average molecular weight is 204 g/mol. The van der Waals surface area contributed by atoms with Gasteiger partial charge in [-0.15, -0.1) is 0 Å². The standard InChI is InChI=1S/C12H12O3/c1-8(13)7-12(15)11-6-4-3-5-10(11)9(2)14/h3-6H,7H2,1-2H3. The van der Waals surface area contributed by atoms with E-state index >= 15 is 0 Å². The normalized spacial score (nSPS) is 9.73. The second kappa shape index (κ2) is 4.64. The Kier molecular flexibility index (Phi) is 3.50. The Morgan fingerprint density at radius 3 is 2.00 bits per heavy atom. The van der Waals surface area contributed by atoms with Crippen LogP contribution in [-0.2, 0) is 4.79 Å². The first kappa shape index (κ1) is 11.3. The molecule has 0 aromatic heterocycles. The number of hydrogen-bond acceptors (Lipinski definition) is 3. The molecule has 0 atom stereocenters. The fraction of sp³-hybridized carbons (Fsp3) is 0.250. The van der Waals surface area contributed by atoms with Crippen LogP contribution in [0.4, 0.5) is 0 Å². The van der Waals surface area contributed by atoms with Crippen LogP contribution < -0.4 is 0 Å². The van der Waals surface area contributed by atoms with Crippen molar-refractivity contribution in [3.63, 3.8) is 0 Å². The molecule has 78 valence electrons. The molecule has 0 radical (unpaired) electrons. The lowest BCUT2D eigenvalue weighted by atomic mass is 9.98. The summed E-state index contributed by atoms with van der Waals surface area (Å²) in [7, 11) is 0. The molecule has 1 rings (SSSR count). The number of rotatable bonds is 4. The van der Waals surface area contributed by atoms with E-state index in [4.69, 9.17) is 0 Å². The monoisotopic (exact) mass is 204 g/mol. The van der Waals surface area contributed by atoms with Gasteiger partial charge in [0.05, 0.1) is 6.42 Å². The third-order valence-corrected chi connectivity index (χ3v) is 2.02. The van der Waals surface area contributed by atoms with Gasteiger partial charge in [0, 0.05) is 11.1 Å². The maximum Gasteiger partial charge on any atom is 0.170 e. The predicted octanol–water partition coefficient (Wildman–Crippen LogP) is 2.05. The molecule has 0 unspecified atom stereocenters. The van der Waals surface area contributed by atoms with Crippen LogP contribution in [0.3, 0.4) is 0 Å². The van der Waals surface area contributed by atoms with E-state index in [9.17, 15) is 14.4 Å². The van der Waals surface area contributed by atoms with Crippen molar-refractivity contribution in [2.75, 3.05) is 0 Å². The largest absolute Gasteiger partial charge is 0.300 e. The molecule has 0 heterocycles. The van der Waals surface area contributed by atoms with Gasteiger partial charge in [-0.05, 0) is 13.8 Å². The third kappa shape index (κ3) is 2.84. The highest BCUT2D eigenvalue weighted by Gasteiger charge is 2.14. The van der Waals surface area contributed by atoms with Crippen LogP contribution in [0.15, 0.2) is 24.3 Å². The van der Waals surface area contributed by atoms with Gasteiger partial charge in [-0.1, -0.05) is 24.3 Å². The van der Waals surface area contributed by atoms with E-state index in [1.165, 1.54) is 13.8 Å². The van der Waals surface area contributed by atoms with E-state index in [0.717, 1.165) is 0 Å². The van der Waals surface area contributed by atoms with Crippen molar-refractivity contribution < 1.29 is 14.4 Å². The van der Waals surface area contributed by atoms with Crippen molar-refractivity contribution in [2.45, 2.75) is 20.3 Å². The molecule has 0 saturated heterocycles.